The van der Waals surface area contributed by atoms with Crippen molar-refractivity contribution in [1.29, 1.82) is 0 Å². The predicted molar refractivity (Wildman–Crippen MR) is 51.6 cm³/mol. The number of rotatable bonds is 3. The summed E-state index contributed by atoms with van der Waals surface area (Å²) in [7, 11) is 0. The highest BCUT2D eigenvalue weighted by molar-refractivity contribution is 5.27. The van der Waals surface area contributed by atoms with E-state index in [1.54, 1.807) is 0 Å². The molecule has 0 spiro atoms. The molecule has 1 nitrogen and oxygen atoms in total. The van der Waals surface area contributed by atoms with Crippen molar-refractivity contribution in [2.24, 2.45) is 0 Å². The molecule has 0 aromatic heterocycles. The summed E-state index contributed by atoms with van der Waals surface area (Å²) < 4.78 is 5.54. The second kappa shape index (κ2) is 4.24. The Morgan fingerprint density at radius 2 is 2.25 bits per heavy atom. The van der Waals surface area contributed by atoms with E-state index in [1.165, 1.54) is 5.57 Å². The highest BCUT2D eigenvalue weighted by Crippen LogP contribution is 2.20. The molecule has 0 atom stereocenters. The zero-order valence-corrected chi connectivity index (χ0v) is 8.13. The monoisotopic (exact) mass is 165 g/mol. The zero-order valence-electron chi connectivity index (χ0n) is 8.13. The topological polar surface area (TPSA) is 9.23 Å². The third kappa shape index (κ3) is 2.65. The Morgan fingerprint density at radius 3 is 2.67 bits per heavy atom. The van der Waals surface area contributed by atoms with Crippen molar-refractivity contribution in [3.63, 3.8) is 0 Å². The largest absolute Gasteiger partial charge is 0.459 e. The quantitative estimate of drug-likeness (QED) is 0.583. The molecule has 1 aliphatic carbocycles. The van der Waals surface area contributed by atoms with Crippen LogP contribution in [0.4, 0.5) is 0 Å². The molecule has 0 aromatic rings. The van der Waals surface area contributed by atoms with Crippen LogP contribution in [0.1, 0.15) is 33.6 Å². The van der Waals surface area contributed by atoms with Gasteiger partial charge in [0.25, 0.3) is 5.76 Å². The Kier molecular flexibility index (Phi) is 3.27. The van der Waals surface area contributed by atoms with Gasteiger partial charge in [-0.15, -0.1) is 0 Å². The lowest BCUT2D eigenvalue weighted by Crippen LogP contribution is -2.05. The minimum absolute atomic E-state index is 0.282. The number of allylic oxidation sites excluding steroid dienone is 4. The molecule has 0 amide bonds. The van der Waals surface area contributed by atoms with Crippen LogP contribution in [-0.2, 0) is 4.74 Å². The number of hydrogen-bond donors (Lipinski definition) is 0. The van der Waals surface area contributed by atoms with Crippen molar-refractivity contribution in [2.45, 2.75) is 39.7 Å². The van der Waals surface area contributed by atoms with Crippen molar-refractivity contribution in [2.75, 3.05) is 0 Å². The van der Waals surface area contributed by atoms with E-state index in [0.29, 0.717) is 0 Å². The van der Waals surface area contributed by atoms with Gasteiger partial charge < -0.3 is 4.74 Å². The molecule has 0 radical (unpaired) electrons. The van der Waals surface area contributed by atoms with Crippen LogP contribution in [0.25, 0.3) is 0 Å². The molecule has 66 valence electrons. The Morgan fingerprint density at radius 1 is 1.50 bits per heavy atom. The van der Waals surface area contributed by atoms with E-state index >= 15 is 0 Å². The molecule has 0 saturated carbocycles. The molecule has 0 heterocycles. The summed E-state index contributed by atoms with van der Waals surface area (Å²) >= 11 is 0. The van der Waals surface area contributed by atoms with Gasteiger partial charge in [-0.05, 0) is 25.8 Å². The van der Waals surface area contributed by atoms with Crippen LogP contribution in [0.15, 0.2) is 23.5 Å². The van der Waals surface area contributed by atoms with E-state index < -0.39 is 0 Å². The first-order chi connectivity index (χ1) is 5.72. The van der Waals surface area contributed by atoms with Crippen LogP contribution in [0.5, 0.6) is 0 Å². The summed E-state index contributed by atoms with van der Waals surface area (Å²) in [5.74, 6) is 1.02. The van der Waals surface area contributed by atoms with Crippen LogP contribution < -0.4 is 0 Å². The summed E-state index contributed by atoms with van der Waals surface area (Å²) in [6, 6.07) is 0. The van der Waals surface area contributed by atoms with Gasteiger partial charge >= 0.3 is 0 Å². The first-order valence-electron chi connectivity index (χ1n) is 4.62. The van der Waals surface area contributed by atoms with Gasteiger partial charge in [0.1, 0.15) is 6.08 Å². The van der Waals surface area contributed by atoms with Crippen LogP contribution in [0, 0.1) is 6.42 Å². The summed E-state index contributed by atoms with van der Waals surface area (Å²) in [6.45, 7) is 6.28. The van der Waals surface area contributed by atoms with Crippen LogP contribution in [0.2, 0.25) is 0 Å². The van der Waals surface area contributed by atoms with E-state index in [2.05, 4.69) is 25.5 Å². The Labute approximate surface area is 75.1 Å². The molecular weight excluding hydrogens is 148 g/mol. The fraction of sp³-hybridized carbons (Fsp3) is 0.545. The Balaban J connectivity index is 2.48. The second-order valence-corrected chi connectivity index (χ2v) is 3.32. The van der Waals surface area contributed by atoms with E-state index in [4.69, 9.17) is 4.74 Å². The third-order valence-corrected chi connectivity index (χ3v) is 1.87. The van der Waals surface area contributed by atoms with Gasteiger partial charge in [0.05, 0.1) is 18.9 Å². The summed E-state index contributed by atoms with van der Waals surface area (Å²) in [4.78, 5) is 0. The van der Waals surface area contributed by atoms with E-state index in [0.717, 1.165) is 18.6 Å². The summed E-state index contributed by atoms with van der Waals surface area (Å²) in [5, 5.41) is 0. The lowest BCUT2D eigenvalue weighted by atomic mass is 10.0. The molecule has 0 fully saturated rings. The highest BCUT2D eigenvalue weighted by Gasteiger charge is 2.15. The Bertz CT molecular complexity index is 199. The minimum Gasteiger partial charge on any atom is -0.459 e. The number of ether oxygens (including phenoxy) is 1. The number of hydrogen-bond acceptors (Lipinski definition) is 1. The first-order valence-corrected chi connectivity index (χ1v) is 4.62. The molecule has 0 bridgehead atoms. The smallest absolute Gasteiger partial charge is 0.280 e. The first kappa shape index (κ1) is 9.24. The van der Waals surface area contributed by atoms with E-state index in [9.17, 15) is 0 Å². The molecule has 0 aromatic carbocycles. The van der Waals surface area contributed by atoms with E-state index in [-0.39, 0.29) is 6.10 Å². The molecule has 0 aliphatic heterocycles. The van der Waals surface area contributed by atoms with Gasteiger partial charge in [0, 0.05) is 6.08 Å². The SMILES string of the molecule is CCC1=CC=C(OC(C)C)[CH+]C1. The van der Waals surface area contributed by atoms with Crippen LogP contribution in [0.3, 0.4) is 0 Å². The fourth-order valence-corrected chi connectivity index (χ4v) is 1.19. The zero-order chi connectivity index (χ0) is 8.97. The standard InChI is InChI=1S/C11H17O/c1-4-10-5-7-11(8-6-10)12-9(2)3/h5,7-9H,4,6H2,1-3H3/q+1. The van der Waals surface area contributed by atoms with E-state index in [1.807, 2.05) is 13.8 Å². The second-order valence-electron chi connectivity index (χ2n) is 3.32. The molecule has 0 saturated heterocycles. The van der Waals surface area contributed by atoms with Gasteiger partial charge in [-0.2, -0.15) is 0 Å². The summed E-state index contributed by atoms with van der Waals surface area (Å²) in [6.07, 6.45) is 8.85. The van der Waals surface area contributed by atoms with Crippen molar-refractivity contribution in [1.82, 2.24) is 0 Å². The van der Waals surface area contributed by atoms with Gasteiger partial charge in [0.15, 0.2) is 0 Å². The van der Waals surface area contributed by atoms with Crippen LogP contribution >= 0.6 is 0 Å². The Hall–Kier alpha value is -0.850. The maximum absolute atomic E-state index is 5.54. The average molecular weight is 165 g/mol. The molecule has 0 N–H and O–H groups in total. The van der Waals surface area contributed by atoms with Gasteiger partial charge in [0.2, 0.25) is 0 Å². The maximum atomic E-state index is 5.54. The van der Waals surface area contributed by atoms with Crippen LogP contribution in [-0.4, -0.2) is 6.10 Å². The van der Waals surface area contributed by atoms with Gasteiger partial charge in [-0.3, -0.25) is 0 Å². The van der Waals surface area contributed by atoms with Gasteiger partial charge in [-0.1, -0.05) is 6.92 Å². The predicted octanol–water partition coefficient (Wildman–Crippen LogP) is 3.24. The third-order valence-electron chi connectivity index (χ3n) is 1.87. The molecule has 1 heteroatoms. The van der Waals surface area contributed by atoms with Gasteiger partial charge in [-0.25, -0.2) is 0 Å². The molecule has 0 unspecified atom stereocenters. The normalized spacial score (nSPS) is 16.7. The lowest BCUT2D eigenvalue weighted by Gasteiger charge is -2.10. The fourth-order valence-electron chi connectivity index (χ4n) is 1.19. The molecule has 1 aliphatic rings. The summed E-state index contributed by atoms with van der Waals surface area (Å²) in [5.41, 5.74) is 1.48. The highest BCUT2D eigenvalue weighted by atomic mass is 16.5. The van der Waals surface area contributed by atoms with Crippen molar-refractivity contribution >= 4 is 0 Å². The van der Waals surface area contributed by atoms with Crippen molar-refractivity contribution in [3.05, 3.63) is 29.9 Å². The van der Waals surface area contributed by atoms with Crippen molar-refractivity contribution < 1.29 is 4.74 Å². The molecule has 12 heavy (non-hydrogen) atoms. The maximum Gasteiger partial charge on any atom is 0.280 e. The average Bonchev–Trinajstić information content (AvgIpc) is 2.05. The molecular formula is C11H17O+. The molecule has 1 rings (SSSR count). The van der Waals surface area contributed by atoms with Crippen molar-refractivity contribution in [3.8, 4) is 0 Å². The minimum atomic E-state index is 0.282. The lowest BCUT2D eigenvalue weighted by molar-refractivity contribution is 0.151.